The van der Waals surface area contributed by atoms with E-state index in [1.807, 2.05) is 38.1 Å². The van der Waals surface area contributed by atoms with Crippen molar-refractivity contribution in [2.75, 3.05) is 16.8 Å². The van der Waals surface area contributed by atoms with Crippen molar-refractivity contribution in [1.82, 2.24) is 0 Å². The number of carbonyl (C=O) groups excluding carboxylic acids is 1. The molecule has 0 radical (unpaired) electrons. The van der Waals surface area contributed by atoms with Gasteiger partial charge in [0.1, 0.15) is 11.6 Å². The number of benzene rings is 2. The second kappa shape index (κ2) is 8.36. The number of fused-ring (bicyclic) bond motifs is 1. The molecule has 1 N–H and O–H groups in total. The first-order valence-corrected chi connectivity index (χ1v) is 10.6. The minimum atomic E-state index is -0.381. The van der Waals surface area contributed by atoms with E-state index >= 15 is 0 Å². The molecule has 30 heavy (non-hydrogen) atoms. The fourth-order valence-electron chi connectivity index (χ4n) is 4.59. The van der Waals surface area contributed by atoms with E-state index in [-0.39, 0.29) is 17.0 Å². The largest absolute Gasteiger partial charge is 0.366 e. The fraction of sp³-hybridized carbons (Fsp3) is 0.385. The number of anilines is 2. The van der Waals surface area contributed by atoms with E-state index < -0.39 is 0 Å². The Morgan fingerprint density at radius 3 is 2.70 bits per heavy atom. The summed E-state index contributed by atoms with van der Waals surface area (Å²) in [6.45, 7) is 13.9. The van der Waals surface area contributed by atoms with E-state index in [1.165, 1.54) is 11.3 Å². The highest BCUT2D eigenvalue weighted by Gasteiger charge is 2.35. The molecule has 1 heterocycles. The molecule has 0 saturated carbocycles. The molecule has 4 nitrogen and oxygen atoms in total. The lowest BCUT2D eigenvalue weighted by Gasteiger charge is -2.47. The van der Waals surface area contributed by atoms with Crippen molar-refractivity contribution < 1.29 is 4.79 Å². The summed E-state index contributed by atoms with van der Waals surface area (Å²) in [4.78, 5) is 15.2. The zero-order valence-electron chi connectivity index (χ0n) is 18.8. The van der Waals surface area contributed by atoms with Crippen molar-refractivity contribution in [1.29, 1.82) is 5.26 Å². The van der Waals surface area contributed by atoms with Gasteiger partial charge in [-0.05, 0) is 93.5 Å². The van der Waals surface area contributed by atoms with Gasteiger partial charge in [-0.2, -0.15) is 5.26 Å². The van der Waals surface area contributed by atoms with E-state index in [9.17, 15) is 10.1 Å². The number of rotatable bonds is 4. The predicted molar refractivity (Wildman–Crippen MR) is 125 cm³/mol. The highest BCUT2D eigenvalue weighted by atomic mass is 16.1. The summed E-state index contributed by atoms with van der Waals surface area (Å²) in [7, 11) is 0. The molecule has 1 atom stereocenters. The summed E-state index contributed by atoms with van der Waals surface area (Å²) in [6.07, 6.45) is 2.75. The van der Waals surface area contributed by atoms with Crippen LogP contribution in [-0.4, -0.2) is 18.0 Å². The van der Waals surface area contributed by atoms with Crippen LogP contribution in [0.1, 0.15) is 62.3 Å². The molecule has 1 amide bonds. The number of nitrogens with zero attached hydrogens (tertiary/aromatic N) is 2. The summed E-state index contributed by atoms with van der Waals surface area (Å²) in [6, 6.07) is 14.1. The van der Waals surface area contributed by atoms with Crippen molar-refractivity contribution in [2.45, 2.75) is 59.4 Å². The Morgan fingerprint density at radius 1 is 1.30 bits per heavy atom. The van der Waals surface area contributed by atoms with Crippen molar-refractivity contribution in [3.63, 3.8) is 0 Å². The first-order valence-electron chi connectivity index (χ1n) is 10.6. The van der Waals surface area contributed by atoms with Gasteiger partial charge in [0.05, 0.1) is 0 Å². The molecule has 0 saturated heterocycles. The lowest BCUT2D eigenvalue weighted by atomic mass is 9.79. The van der Waals surface area contributed by atoms with Crippen LogP contribution in [0.5, 0.6) is 0 Å². The zero-order chi connectivity index (χ0) is 22.1. The average Bonchev–Trinajstić information content (AvgIpc) is 2.69. The SMILES string of the molecule is CCN1c2ccc(/C=C(\C#N)C(=O)Nc3cccc(C)c3C)cc2C(C)CC1(C)C. The lowest BCUT2D eigenvalue weighted by molar-refractivity contribution is -0.112. The van der Waals surface area contributed by atoms with Crippen molar-refractivity contribution in [3.8, 4) is 6.07 Å². The van der Waals surface area contributed by atoms with E-state index in [0.29, 0.717) is 5.92 Å². The molecule has 4 heteroatoms. The number of nitriles is 1. The predicted octanol–water partition coefficient (Wildman–Crippen LogP) is 5.96. The molecule has 3 rings (SSSR count). The second-order valence-electron chi connectivity index (χ2n) is 8.85. The number of nitrogens with one attached hydrogen (secondary N) is 1. The van der Waals surface area contributed by atoms with Crippen LogP contribution in [0.15, 0.2) is 42.0 Å². The van der Waals surface area contributed by atoms with Crippen molar-refractivity contribution in [2.24, 2.45) is 0 Å². The van der Waals surface area contributed by atoms with E-state index in [2.05, 4.69) is 56.1 Å². The molecule has 0 aliphatic carbocycles. The molecule has 0 bridgehead atoms. The first kappa shape index (κ1) is 21.6. The fourth-order valence-corrected chi connectivity index (χ4v) is 4.59. The molecular formula is C26H31N3O. The van der Waals surface area contributed by atoms with Gasteiger partial charge in [-0.15, -0.1) is 0 Å². The number of hydrogen-bond acceptors (Lipinski definition) is 3. The van der Waals surface area contributed by atoms with E-state index in [1.54, 1.807) is 6.08 Å². The van der Waals surface area contributed by atoms with Crippen LogP contribution in [0.25, 0.3) is 6.08 Å². The smallest absolute Gasteiger partial charge is 0.266 e. The van der Waals surface area contributed by atoms with Gasteiger partial charge in [0, 0.05) is 23.5 Å². The van der Waals surface area contributed by atoms with Gasteiger partial charge in [-0.1, -0.05) is 25.1 Å². The Hall–Kier alpha value is -3.06. The molecule has 1 aliphatic heterocycles. The van der Waals surface area contributed by atoms with Crippen LogP contribution < -0.4 is 10.2 Å². The molecule has 1 aliphatic rings. The van der Waals surface area contributed by atoms with Crippen LogP contribution in [0.3, 0.4) is 0 Å². The van der Waals surface area contributed by atoms with Crippen LogP contribution in [0.4, 0.5) is 11.4 Å². The Bertz CT molecular complexity index is 1040. The van der Waals surface area contributed by atoms with E-state index in [4.69, 9.17) is 0 Å². The van der Waals surface area contributed by atoms with Crippen LogP contribution in [0.2, 0.25) is 0 Å². The summed E-state index contributed by atoms with van der Waals surface area (Å²) >= 11 is 0. The highest BCUT2D eigenvalue weighted by molar-refractivity contribution is 6.10. The van der Waals surface area contributed by atoms with Crippen molar-refractivity contribution in [3.05, 3.63) is 64.2 Å². The Morgan fingerprint density at radius 2 is 2.03 bits per heavy atom. The zero-order valence-corrected chi connectivity index (χ0v) is 18.8. The highest BCUT2D eigenvalue weighted by Crippen LogP contribution is 2.43. The number of carbonyl (C=O) groups is 1. The molecule has 156 valence electrons. The van der Waals surface area contributed by atoms with Crippen LogP contribution >= 0.6 is 0 Å². The van der Waals surface area contributed by atoms with Gasteiger partial charge >= 0.3 is 0 Å². The standard InChI is InChI=1S/C26H31N3O/c1-7-29-24-12-11-20(14-22(24)18(3)15-26(29,5)6)13-21(16-27)25(30)28-23-10-8-9-17(2)19(23)4/h8-14,18H,7,15H2,1-6H3,(H,28,30)/b21-13+. The van der Waals surface area contributed by atoms with E-state index in [0.717, 1.165) is 35.3 Å². The summed E-state index contributed by atoms with van der Waals surface area (Å²) in [5.74, 6) is 0.0359. The monoisotopic (exact) mass is 401 g/mol. The third-order valence-electron chi connectivity index (χ3n) is 6.25. The molecule has 0 aromatic heterocycles. The average molecular weight is 402 g/mol. The maximum absolute atomic E-state index is 12.7. The summed E-state index contributed by atoms with van der Waals surface area (Å²) < 4.78 is 0. The number of aryl methyl sites for hydroxylation is 1. The summed E-state index contributed by atoms with van der Waals surface area (Å²) in [5.41, 5.74) is 6.46. The lowest BCUT2D eigenvalue weighted by Crippen LogP contribution is -2.48. The number of amides is 1. The molecular weight excluding hydrogens is 370 g/mol. The molecule has 1 unspecified atom stereocenters. The molecule has 2 aromatic rings. The van der Waals surface area contributed by atoms with Crippen LogP contribution in [-0.2, 0) is 4.79 Å². The van der Waals surface area contributed by atoms with Gasteiger partial charge in [-0.3, -0.25) is 4.79 Å². The van der Waals surface area contributed by atoms with Gasteiger partial charge in [0.25, 0.3) is 5.91 Å². The third kappa shape index (κ3) is 4.11. The summed E-state index contributed by atoms with van der Waals surface area (Å²) in [5, 5.41) is 12.5. The second-order valence-corrected chi connectivity index (χ2v) is 8.85. The minimum Gasteiger partial charge on any atom is -0.366 e. The Labute approximate surface area is 180 Å². The van der Waals surface area contributed by atoms with Crippen LogP contribution in [0, 0.1) is 25.2 Å². The van der Waals surface area contributed by atoms with Gasteiger partial charge in [-0.25, -0.2) is 0 Å². The number of hydrogen-bond donors (Lipinski definition) is 1. The Kier molecular flexibility index (Phi) is 6.03. The maximum Gasteiger partial charge on any atom is 0.266 e. The quantitative estimate of drug-likeness (QED) is 0.508. The van der Waals surface area contributed by atoms with Crippen molar-refractivity contribution >= 4 is 23.4 Å². The van der Waals surface area contributed by atoms with Gasteiger partial charge in [0.15, 0.2) is 0 Å². The molecule has 0 fully saturated rings. The third-order valence-corrected chi connectivity index (χ3v) is 6.25. The van der Waals surface area contributed by atoms with Gasteiger partial charge < -0.3 is 10.2 Å². The normalized spacial score (nSPS) is 17.8. The Balaban J connectivity index is 1.92. The van der Waals surface area contributed by atoms with Gasteiger partial charge in [0.2, 0.25) is 0 Å². The first-order chi connectivity index (χ1) is 14.2. The maximum atomic E-state index is 12.7. The minimum absolute atomic E-state index is 0.104. The topological polar surface area (TPSA) is 56.1 Å². The molecule has 0 spiro atoms. The molecule has 2 aromatic carbocycles.